The maximum Gasteiger partial charge on any atom is 0.236 e. The SMILES string of the molecule is CCNC(=O)C(C)NC1CC(N)C1. The highest BCUT2D eigenvalue weighted by Crippen LogP contribution is 2.17. The van der Waals surface area contributed by atoms with Gasteiger partial charge in [0.1, 0.15) is 0 Å². The maximum atomic E-state index is 11.3. The van der Waals surface area contributed by atoms with Gasteiger partial charge in [0.15, 0.2) is 0 Å². The lowest BCUT2D eigenvalue weighted by Gasteiger charge is -2.35. The highest BCUT2D eigenvalue weighted by molar-refractivity contribution is 5.81. The van der Waals surface area contributed by atoms with Crippen LogP contribution in [0.5, 0.6) is 0 Å². The Morgan fingerprint density at radius 1 is 1.62 bits per heavy atom. The molecular weight excluding hydrogens is 166 g/mol. The number of nitrogens with one attached hydrogen (secondary N) is 2. The molecule has 0 spiro atoms. The Kier molecular flexibility index (Phi) is 3.69. The van der Waals surface area contributed by atoms with Crippen LogP contribution in [0.4, 0.5) is 0 Å². The van der Waals surface area contributed by atoms with Gasteiger partial charge in [-0.15, -0.1) is 0 Å². The van der Waals surface area contributed by atoms with E-state index in [0.717, 1.165) is 12.8 Å². The van der Waals surface area contributed by atoms with Crippen molar-refractivity contribution in [3.63, 3.8) is 0 Å². The van der Waals surface area contributed by atoms with Crippen molar-refractivity contribution in [2.75, 3.05) is 6.54 Å². The Morgan fingerprint density at radius 2 is 2.23 bits per heavy atom. The summed E-state index contributed by atoms with van der Waals surface area (Å²) in [5.41, 5.74) is 5.64. The molecule has 4 nitrogen and oxygen atoms in total. The highest BCUT2D eigenvalue weighted by atomic mass is 16.2. The summed E-state index contributed by atoms with van der Waals surface area (Å²) < 4.78 is 0. The molecule has 0 radical (unpaired) electrons. The van der Waals surface area contributed by atoms with Gasteiger partial charge in [0.25, 0.3) is 0 Å². The number of amides is 1. The third-order valence-corrected chi connectivity index (χ3v) is 2.40. The molecule has 1 atom stereocenters. The van der Waals surface area contributed by atoms with Gasteiger partial charge in [-0.3, -0.25) is 4.79 Å². The predicted molar refractivity (Wildman–Crippen MR) is 52.3 cm³/mol. The Hall–Kier alpha value is -0.610. The van der Waals surface area contributed by atoms with Crippen molar-refractivity contribution in [3.8, 4) is 0 Å². The molecule has 0 bridgehead atoms. The van der Waals surface area contributed by atoms with E-state index >= 15 is 0 Å². The fourth-order valence-electron chi connectivity index (χ4n) is 1.55. The molecule has 1 rings (SSSR count). The second-order valence-electron chi connectivity index (χ2n) is 3.71. The van der Waals surface area contributed by atoms with Crippen molar-refractivity contribution in [3.05, 3.63) is 0 Å². The van der Waals surface area contributed by atoms with E-state index in [9.17, 15) is 4.79 Å². The third kappa shape index (κ3) is 2.97. The Morgan fingerprint density at radius 3 is 2.69 bits per heavy atom. The van der Waals surface area contributed by atoms with Crippen molar-refractivity contribution in [1.29, 1.82) is 0 Å². The molecule has 0 aromatic heterocycles. The first kappa shape index (κ1) is 10.5. The number of hydrogen-bond donors (Lipinski definition) is 3. The van der Waals surface area contributed by atoms with Crippen molar-refractivity contribution in [1.82, 2.24) is 10.6 Å². The van der Waals surface area contributed by atoms with Gasteiger partial charge in [0.2, 0.25) is 5.91 Å². The molecule has 1 aliphatic carbocycles. The van der Waals surface area contributed by atoms with Crippen molar-refractivity contribution >= 4 is 5.91 Å². The van der Waals surface area contributed by atoms with E-state index in [4.69, 9.17) is 5.73 Å². The first-order valence-electron chi connectivity index (χ1n) is 4.92. The highest BCUT2D eigenvalue weighted by Gasteiger charge is 2.28. The molecule has 0 aromatic rings. The van der Waals surface area contributed by atoms with Gasteiger partial charge in [0, 0.05) is 18.6 Å². The largest absolute Gasteiger partial charge is 0.355 e. The summed E-state index contributed by atoms with van der Waals surface area (Å²) in [7, 11) is 0. The summed E-state index contributed by atoms with van der Waals surface area (Å²) in [4.78, 5) is 11.3. The molecule has 1 saturated carbocycles. The lowest BCUT2D eigenvalue weighted by atomic mass is 9.87. The van der Waals surface area contributed by atoms with Crippen LogP contribution in [0.2, 0.25) is 0 Å². The number of rotatable bonds is 4. The van der Waals surface area contributed by atoms with Gasteiger partial charge >= 0.3 is 0 Å². The average Bonchev–Trinajstić information content (AvgIpc) is 2.02. The van der Waals surface area contributed by atoms with E-state index in [1.165, 1.54) is 0 Å². The molecule has 0 saturated heterocycles. The van der Waals surface area contributed by atoms with E-state index < -0.39 is 0 Å². The first-order valence-corrected chi connectivity index (χ1v) is 4.92. The molecule has 4 heteroatoms. The van der Waals surface area contributed by atoms with Crippen LogP contribution in [0.25, 0.3) is 0 Å². The fourth-order valence-corrected chi connectivity index (χ4v) is 1.55. The number of carbonyl (C=O) groups is 1. The van der Waals surface area contributed by atoms with Crippen LogP contribution in [-0.4, -0.2) is 30.6 Å². The topological polar surface area (TPSA) is 67.2 Å². The number of likely N-dealkylation sites (N-methyl/N-ethyl adjacent to an activating group) is 1. The summed E-state index contributed by atoms with van der Waals surface area (Å²) in [5.74, 6) is 0.0722. The Bertz CT molecular complexity index is 178. The minimum absolute atomic E-state index is 0.0722. The van der Waals surface area contributed by atoms with Crippen LogP contribution < -0.4 is 16.4 Å². The normalized spacial score (nSPS) is 29.2. The third-order valence-electron chi connectivity index (χ3n) is 2.40. The van der Waals surface area contributed by atoms with E-state index in [-0.39, 0.29) is 11.9 Å². The molecular formula is C9H19N3O. The smallest absolute Gasteiger partial charge is 0.236 e. The molecule has 1 unspecified atom stereocenters. The minimum Gasteiger partial charge on any atom is -0.355 e. The molecule has 0 aromatic carbocycles. The van der Waals surface area contributed by atoms with Crippen molar-refractivity contribution in [2.24, 2.45) is 5.73 Å². The zero-order valence-electron chi connectivity index (χ0n) is 8.34. The average molecular weight is 185 g/mol. The van der Waals surface area contributed by atoms with Crippen molar-refractivity contribution in [2.45, 2.75) is 44.8 Å². The van der Waals surface area contributed by atoms with Crippen LogP contribution in [0.3, 0.4) is 0 Å². The second kappa shape index (κ2) is 4.58. The molecule has 4 N–H and O–H groups in total. The molecule has 0 aliphatic heterocycles. The monoisotopic (exact) mass is 185 g/mol. The van der Waals surface area contributed by atoms with E-state index in [0.29, 0.717) is 18.6 Å². The van der Waals surface area contributed by atoms with Gasteiger partial charge in [0.05, 0.1) is 6.04 Å². The van der Waals surface area contributed by atoms with Crippen LogP contribution >= 0.6 is 0 Å². The summed E-state index contributed by atoms with van der Waals surface area (Å²) in [6, 6.07) is 0.670. The number of carbonyl (C=O) groups excluding carboxylic acids is 1. The van der Waals surface area contributed by atoms with Gasteiger partial charge in [-0.25, -0.2) is 0 Å². The number of hydrogen-bond acceptors (Lipinski definition) is 3. The molecule has 1 aliphatic rings. The van der Waals surface area contributed by atoms with E-state index in [2.05, 4.69) is 10.6 Å². The first-order chi connectivity index (χ1) is 6.13. The van der Waals surface area contributed by atoms with Gasteiger partial charge in [-0.2, -0.15) is 0 Å². The van der Waals surface area contributed by atoms with Crippen LogP contribution in [0.1, 0.15) is 26.7 Å². The van der Waals surface area contributed by atoms with Gasteiger partial charge < -0.3 is 16.4 Å². The molecule has 1 fully saturated rings. The van der Waals surface area contributed by atoms with Crippen LogP contribution in [0.15, 0.2) is 0 Å². The standard InChI is InChI=1S/C9H19N3O/c1-3-11-9(13)6(2)12-8-4-7(10)5-8/h6-8,12H,3-5,10H2,1-2H3,(H,11,13). The fraction of sp³-hybridized carbons (Fsp3) is 0.889. The quantitative estimate of drug-likeness (QED) is 0.558. The number of nitrogens with two attached hydrogens (primary N) is 1. The predicted octanol–water partition coefficient (Wildman–Crippen LogP) is -0.410. The van der Waals surface area contributed by atoms with Crippen LogP contribution in [0, 0.1) is 0 Å². The zero-order valence-corrected chi connectivity index (χ0v) is 8.34. The van der Waals surface area contributed by atoms with Crippen LogP contribution in [-0.2, 0) is 4.79 Å². The summed E-state index contributed by atoms with van der Waals surface area (Å²) in [6.45, 7) is 4.49. The zero-order chi connectivity index (χ0) is 9.84. The molecule has 76 valence electrons. The van der Waals surface area contributed by atoms with Crippen molar-refractivity contribution < 1.29 is 4.79 Å². The second-order valence-corrected chi connectivity index (χ2v) is 3.71. The molecule has 13 heavy (non-hydrogen) atoms. The minimum atomic E-state index is -0.0996. The van der Waals surface area contributed by atoms with E-state index in [1.54, 1.807) is 0 Å². The molecule has 0 heterocycles. The Balaban J connectivity index is 2.17. The summed E-state index contributed by atoms with van der Waals surface area (Å²) in [5, 5.41) is 6.02. The lowest BCUT2D eigenvalue weighted by Crippen LogP contribution is -2.54. The maximum absolute atomic E-state index is 11.3. The van der Waals surface area contributed by atoms with Gasteiger partial charge in [-0.1, -0.05) is 0 Å². The van der Waals surface area contributed by atoms with Gasteiger partial charge in [-0.05, 0) is 26.7 Å². The molecule has 1 amide bonds. The summed E-state index contributed by atoms with van der Waals surface area (Å²) in [6.07, 6.45) is 1.98. The van der Waals surface area contributed by atoms with E-state index in [1.807, 2.05) is 13.8 Å². The lowest BCUT2D eigenvalue weighted by molar-refractivity contribution is -0.123. The summed E-state index contributed by atoms with van der Waals surface area (Å²) >= 11 is 0. The Labute approximate surface area is 79.3 Å².